The topological polar surface area (TPSA) is 115 Å². The molecule has 0 amide bonds. The molecule has 0 aromatic carbocycles. The van der Waals surface area contributed by atoms with Crippen molar-refractivity contribution in [2.24, 2.45) is 16.7 Å². The molecule has 10 atom stereocenters. The minimum atomic E-state index is -1.19. The Kier molecular flexibility index (Phi) is 6.53. The molecule has 38 heavy (non-hydrogen) atoms. The molecule has 1 saturated heterocycles. The third-order valence-corrected chi connectivity index (χ3v) is 10.5. The third kappa shape index (κ3) is 3.91. The van der Waals surface area contributed by atoms with Gasteiger partial charge in [-0.05, 0) is 79.9 Å². The lowest BCUT2D eigenvalue weighted by molar-refractivity contribution is -0.311. The Morgan fingerprint density at radius 3 is 2.50 bits per heavy atom. The normalized spacial score (nSPS) is 46.5. The largest absolute Gasteiger partial charge is 0.428 e. The second kappa shape index (κ2) is 9.39. The van der Waals surface area contributed by atoms with Crippen LogP contribution in [0.15, 0.2) is 46.1 Å². The quantitative estimate of drug-likeness (QED) is 0.477. The van der Waals surface area contributed by atoms with Crippen LogP contribution in [0, 0.1) is 16.7 Å². The molecule has 0 aromatic heterocycles. The molecule has 6 aliphatic rings. The van der Waals surface area contributed by atoms with Crippen LogP contribution >= 0.6 is 0 Å². The lowest BCUT2D eigenvalue weighted by Gasteiger charge is -2.54. The van der Waals surface area contributed by atoms with Gasteiger partial charge in [0.2, 0.25) is 6.29 Å². The first-order chi connectivity index (χ1) is 18.1. The van der Waals surface area contributed by atoms with Crippen molar-refractivity contribution in [2.45, 2.75) is 109 Å². The predicted molar refractivity (Wildman–Crippen MR) is 137 cm³/mol. The maximum atomic E-state index is 11.8. The summed E-state index contributed by atoms with van der Waals surface area (Å²) in [4.78, 5) is 11.8. The maximum Gasteiger partial charge on any atom is 0.333 e. The molecule has 1 saturated carbocycles. The van der Waals surface area contributed by atoms with E-state index < -0.39 is 43.0 Å². The number of carbonyl (C=O) groups excluding carboxylic acids is 1. The van der Waals surface area contributed by atoms with Crippen LogP contribution in [0.1, 0.15) is 65.7 Å². The van der Waals surface area contributed by atoms with E-state index in [1.54, 1.807) is 12.5 Å². The van der Waals surface area contributed by atoms with Gasteiger partial charge in [0.05, 0.1) is 12.2 Å². The number of methoxy groups -OCH3 is 1. The number of rotatable bonds is 4. The van der Waals surface area contributed by atoms with Crippen LogP contribution in [0.4, 0.5) is 0 Å². The number of ether oxygens (including phenoxy) is 4. The molecule has 0 spiro atoms. The van der Waals surface area contributed by atoms with Gasteiger partial charge in [-0.25, -0.2) is 4.79 Å². The van der Waals surface area contributed by atoms with Gasteiger partial charge in [-0.1, -0.05) is 31.6 Å². The molecule has 1 unspecified atom stereocenters. The van der Waals surface area contributed by atoms with E-state index in [2.05, 4.69) is 26.0 Å². The lowest BCUT2D eigenvalue weighted by Crippen LogP contribution is -2.59. The average Bonchev–Trinajstić information content (AvgIpc) is 3.40. The van der Waals surface area contributed by atoms with E-state index in [1.807, 2.05) is 0 Å². The molecule has 8 nitrogen and oxygen atoms in total. The van der Waals surface area contributed by atoms with Crippen molar-refractivity contribution in [1.82, 2.24) is 0 Å². The van der Waals surface area contributed by atoms with Gasteiger partial charge in [-0.15, -0.1) is 0 Å². The zero-order valence-electron chi connectivity index (χ0n) is 22.7. The fraction of sp³-hybridized carbons (Fsp3) is 0.700. The van der Waals surface area contributed by atoms with Crippen molar-refractivity contribution in [3.05, 3.63) is 46.1 Å². The molecule has 6 rings (SSSR count). The second-order valence-corrected chi connectivity index (χ2v) is 12.4. The van der Waals surface area contributed by atoms with E-state index in [0.717, 1.165) is 50.5 Å². The SMILES string of the molecule is CO[C@H]1[C@@H](O)[C@@H](C)O[C@@H](O[C@H]2CC[C@]3(C)C4=C(CC[C@@H]3C2)C2=CC=C(C3=CC(=O)OC3O)[C@@]2(C)CC4)[C@@H]1O. The molecule has 2 heterocycles. The van der Waals surface area contributed by atoms with Crippen molar-refractivity contribution < 1.29 is 39.1 Å². The van der Waals surface area contributed by atoms with E-state index in [-0.39, 0.29) is 16.9 Å². The first-order valence-electron chi connectivity index (χ1n) is 14.0. The summed E-state index contributed by atoms with van der Waals surface area (Å²) >= 11 is 0. The first-order valence-corrected chi connectivity index (χ1v) is 14.0. The van der Waals surface area contributed by atoms with Gasteiger partial charge < -0.3 is 34.3 Å². The summed E-state index contributed by atoms with van der Waals surface area (Å²) in [6, 6.07) is 0. The molecule has 0 radical (unpaired) electrons. The van der Waals surface area contributed by atoms with Crippen molar-refractivity contribution in [1.29, 1.82) is 0 Å². The summed E-state index contributed by atoms with van der Waals surface area (Å²) < 4.78 is 22.5. The Morgan fingerprint density at radius 2 is 1.79 bits per heavy atom. The molecule has 208 valence electrons. The number of aliphatic hydroxyl groups is 3. The molecule has 3 N–H and O–H groups in total. The third-order valence-electron chi connectivity index (χ3n) is 10.5. The molecular formula is C30H40O8. The van der Waals surface area contributed by atoms with Crippen molar-refractivity contribution in [3.8, 4) is 0 Å². The predicted octanol–water partition coefficient (Wildman–Crippen LogP) is 3.22. The summed E-state index contributed by atoms with van der Waals surface area (Å²) in [5.74, 6) is -0.00572. The number of hydrogen-bond acceptors (Lipinski definition) is 8. The smallest absolute Gasteiger partial charge is 0.333 e. The van der Waals surface area contributed by atoms with E-state index >= 15 is 0 Å². The molecule has 4 aliphatic carbocycles. The molecular weight excluding hydrogens is 488 g/mol. The van der Waals surface area contributed by atoms with Gasteiger partial charge in [-0.2, -0.15) is 0 Å². The number of aliphatic hydroxyl groups excluding tert-OH is 3. The fourth-order valence-corrected chi connectivity index (χ4v) is 8.23. The Balaban J connectivity index is 1.18. The Bertz CT molecular complexity index is 1140. The van der Waals surface area contributed by atoms with Crippen molar-refractivity contribution in [3.63, 3.8) is 0 Å². The fourth-order valence-electron chi connectivity index (χ4n) is 8.23. The van der Waals surface area contributed by atoms with Crippen LogP contribution < -0.4 is 0 Å². The molecule has 0 aromatic rings. The highest BCUT2D eigenvalue weighted by Crippen LogP contribution is 2.63. The first kappa shape index (κ1) is 26.4. The van der Waals surface area contributed by atoms with Gasteiger partial charge >= 0.3 is 5.97 Å². The highest BCUT2D eigenvalue weighted by molar-refractivity contribution is 5.87. The minimum Gasteiger partial charge on any atom is -0.428 e. The van der Waals surface area contributed by atoms with Crippen molar-refractivity contribution in [2.75, 3.05) is 7.11 Å². The van der Waals surface area contributed by atoms with Crippen LogP contribution in [0.5, 0.6) is 0 Å². The highest BCUT2D eigenvalue weighted by atomic mass is 16.7. The Hall–Kier alpha value is -1.81. The van der Waals surface area contributed by atoms with Gasteiger partial charge in [0.15, 0.2) is 6.29 Å². The summed E-state index contributed by atoms with van der Waals surface area (Å²) in [6.45, 7) is 6.42. The number of carbonyl (C=O) groups is 1. The van der Waals surface area contributed by atoms with Gasteiger partial charge in [0.1, 0.15) is 18.3 Å². The lowest BCUT2D eigenvalue weighted by atomic mass is 9.52. The van der Waals surface area contributed by atoms with Gasteiger partial charge in [0.25, 0.3) is 0 Å². The maximum absolute atomic E-state index is 11.8. The number of esters is 1. The van der Waals surface area contributed by atoms with Gasteiger partial charge in [-0.3, -0.25) is 0 Å². The second-order valence-electron chi connectivity index (χ2n) is 12.4. The molecule has 8 heteroatoms. The zero-order chi connectivity index (χ0) is 27.0. The van der Waals surface area contributed by atoms with Crippen LogP contribution in [0.3, 0.4) is 0 Å². The van der Waals surface area contributed by atoms with E-state index in [0.29, 0.717) is 11.5 Å². The Labute approximate surface area is 224 Å². The standard InChI is InChI=1S/C30H40O8/c1-15-24(32)26(35-4)25(33)28(36-15)37-17-9-11-29(2)16(13-17)5-6-18-20-7-8-21(19-14-23(31)38-27(19)34)30(20,3)12-10-22(18)29/h7-8,14-17,24-28,32-34H,5-6,9-13H2,1-4H3/t15-,16-,17+,24+,25-,26+,27?,28+,29+,30+/m1/s1. The van der Waals surface area contributed by atoms with Crippen LogP contribution in [-0.4, -0.2) is 71.5 Å². The molecule has 0 bridgehead atoms. The average molecular weight is 529 g/mol. The molecule has 2 fully saturated rings. The van der Waals surface area contributed by atoms with Crippen LogP contribution in [0.2, 0.25) is 0 Å². The van der Waals surface area contributed by atoms with Crippen LogP contribution in [-0.2, 0) is 23.7 Å². The number of allylic oxidation sites excluding steroid dienone is 5. The highest BCUT2D eigenvalue weighted by Gasteiger charge is 2.53. The summed E-state index contributed by atoms with van der Waals surface area (Å²) in [5, 5.41) is 31.4. The summed E-state index contributed by atoms with van der Waals surface area (Å²) in [5.41, 5.74) is 5.81. The number of fused-ring (bicyclic) bond motifs is 4. The number of hydrogen-bond donors (Lipinski definition) is 3. The molecule has 2 aliphatic heterocycles. The van der Waals surface area contributed by atoms with E-state index in [9.17, 15) is 20.1 Å². The van der Waals surface area contributed by atoms with Crippen LogP contribution in [0.25, 0.3) is 0 Å². The number of cyclic esters (lactones) is 1. The van der Waals surface area contributed by atoms with Crippen molar-refractivity contribution >= 4 is 5.97 Å². The van der Waals surface area contributed by atoms with E-state index in [4.69, 9.17) is 18.9 Å². The summed E-state index contributed by atoms with van der Waals surface area (Å²) in [7, 11) is 1.49. The van der Waals surface area contributed by atoms with E-state index in [1.165, 1.54) is 24.3 Å². The monoisotopic (exact) mass is 528 g/mol. The summed E-state index contributed by atoms with van der Waals surface area (Å²) in [6.07, 6.45) is 7.32. The Morgan fingerprint density at radius 1 is 1.03 bits per heavy atom. The zero-order valence-corrected chi connectivity index (χ0v) is 22.7. The minimum absolute atomic E-state index is 0.0176. The van der Waals surface area contributed by atoms with Gasteiger partial charge in [0, 0.05) is 24.2 Å².